The predicted octanol–water partition coefficient (Wildman–Crippen LogP) is 3.67. The van der Waals surface area contributed by atoms with E-state index in [-0.39, 0.29) is 5.97 Å². The maximum absolute atomic E-state index is 11.4. The number of fused-ring (bicyclic) bond motifs is 2. The van der Waals surface area contributed by atoms with Crippen LogP contribution in [0.25, 0.3) is 0 Å². The number of para-hydroxylation sites is 2. The van der Waals surface area contributed by atoms with Gasteiger partial charge in [-0.05, 0) is 17.7 Å². The quantitative estimate of drug-likeness (QED) is 0.623. The molecule has 0 unspecified atom stereocenters. The van der Waals surface area contributed by atoms with E-state index in [0.717, 1.165) is 16.8 Å². The van der Waals surface area contributed by atoms with E-state index in [1.165, 1.54) is 11.9 Å². The van der Waals surface area contributed by atoms with E-state index in [4.69, 9.17) is 4.74 Å². The lowest BCUT2D eigenvalue weighted by Gasteiger charge is -2.19. The monoisotopic (exact) mass is 282 g/mol. The van der Waals surface area contributed by atoms with E-state index >= 15 is 0 Å². The van der Waals surface area contributed by atoms with Crippen LogP contribution in [0.3, 0.4) is 0 Å². The smallest absolute Gasteiger partial charge is 0.303 e. The molecule has 0 spiro atoms. The second-order valence-corrected chi connectivity index (χ2v) is 4.88. The average molecular weight is 282 g/mol. The summed E-state index contributed by atoms with van der Waals surface area (Å²) in [6.07, 6.45) is 0.0882. The number of anilines is 2. The van der Waals surface area contributed by atoms with Crippen molar-refractivity contribution in [3.8, 4) is 0 Å². The highest BCUT2D eigenvalue weighted by Gasteiger charge is 2.28. The van der Waals surface area contributed by atoms with Crippen LogP contribution in [0.4, 0.5) is 11.4 Å². The van der Waals surface area contributed by atoms with Crippen LogP contribution in [-0.2, 0) is 16.0 Å². The Morgan fingerprint density at radius 2 is 1.81 bits per heavy atom. The molecule has 1 atom stereocenters. The lowest BCUT2D eigenvalue weighted by Crippen LogP contribution is -2.12. The molecule has 0 saturated heterocycles. The molecule has 1 aliphatic rings. The number of rotatable bonds is 2. The Morgan fingerprint density at radius 3 is 2.52 bits per heavy atom. The lowest BCUT2D eigenvalue weighted by atomic mass is 10.0. The number of carbonyl (C=O) groups is 1. The minimum absolute atomic E-state index is 0.347. The number of nitroso groups, excluding NO2 is 1. The number of esters is 1. The lowest BCUT2D eigenvalue weighted by molar-refractivity contribution is -0.146. The molecule has 2 aromatic carbocycles. The third kappa shape index (κ3) is 2.38. The Kier molecular flexibility index (Phi) is 3.39. The topological polar surface area (TPSA) is 59.0 Å². The molecule has 1 heterocycles. The first-order valence-corrected chi connectivity index (χ1v) is 6.68. The molecule has 0 N–H and O–H groups in total. The van der Waals surface area contributed by atoms with Gasteiger partial charge in [0.15, 0.2) is 0 Å². The van der Waals surface area contributed by atoms with Crippen molar-refractivity contribution < 1.29 is 9.53 Å². The van der Waals surface area contributed by atoms with Gasteiger partial charge in [-0.3, -0.25) is 4.79 Å². The standard InChI is InChI=1S/C16H14N2O3/c1-11(19)21-16-10-12-6-2-4-8-14(12)18(17-20)15-9-5-3-7-13(15)16/h2-9,16H,10H2,1H3/t16-/m0/s1. The third-order valence-electron chi connectivity index (χ3n) is 3.53. The Labute approximate surface area is 122 Å². The van der Waals surface area contributed by atoms with Gasteiger partial charge in [0.25, 0.3) is 0 Å². The van der Waals surface area contributed by atoms with Gasteiger partial charge in [0.1, 0.15) is 6.10 Å². The predicted molar refractivity (Wildman–Crippen MR) is 79.0 cm³/mol. The largest absolute Gasteiger partial charge is 0.457 e. The number of carbonyl (C=O) groups excluding carboxylic acids is 1. The van der Waals surface area contributed by atoms with E-state index in [0.29, 0.717) is 12.1 Å². The first kappa shape index (κ1) is 13.3. The molecule has 1 aliphatic heterocycles. The van der Waals surface area contributed by atoms with Crippen LogP contribution in [0.5, 0.6) is 0 Å². The zero-order chi connectivity index (χ0) is 14.8. The number of hydrogen-bond acceptors (Lipinski definition) is 4. The Balaban J connectivity index is 2.20. The van der Waals surface area contributed by atoms with Crippen LogP contribution < -0.4 is 5.01 Å². The number of nitrogens with zero attached hydrogens (tertiary/aromatic N) is 2. The first-order chi connectivity index (χ1) is 10.2. The van der Waals surface area contributed by atoms with Gasteiger partial charge in [-0.25, -0.2) is 0 Å². The molecule has 0 fully saturated rings. The highest BCUT2D eigenvalue weighted by Crippen LogP contribution is 2.41. The van der Waals surface area contributed by atoms with Gasteiger partial charge in [0, 0.05) is 18.9 Å². The van der Waals surface area contributed by atoms with Crippen molar-refractivity contribution in [3.63, 3.8) is 0 Å². The number of benzene rings is 2. The van der Waals surface area contributed by atoms with E-state index in [1.807, 2.05) is 42.5 Å². The molecular formula is C16H14N2O3. The SMILES string of the molecule is CC(=O)O[C@H]1Cc2ccccc2N(N=O)c2ccccc21. The van der Waals surface area contributed by atoms with E-state index in [2.05, 4.69) is 5.29 Å². The van der Waals surface area contributed by atoms with Crippen LogP contribution in [-0.4, -0.2) is 5.97 Å². The van der Waals surface area contributed by atoms with Gasteiger partial charge in [-0.2, -0.15) is 5.01 Å². The molecule has 21 heavy (non-hydrogen) atoms. The molecule has 0 saturated carbocycles. The Bertz CT molecular complexity index is 699. The second kappa shape index (κ2) is 5.36. The van der Waals surface area contributed by atoms with Crippen LogP contribution in [0.1, 0.15) is 24.2 Å². The fraction of sp³-hybridized carbons (Fsp3) is 0.188. The summed E-state index contributed by atoms with van der Waals surface area (Å²) in [4.78, 5) is 22.7. The second-order valence-electron chi connectivity index (χ2n) is 4.88. The van der Waals surface area contributed by atoms with Crippen molar-refractivity contribution in [1.82, 2.24) is 0 Å². The fourth-order valence-electron chi connectivity index (χ4n) is 2.68. The molecule has 3 rings (SSSR count). The molecule has 2 aromatic rings. The molecule has 0 bridgehead atoms. The molecule has 5 heteroatoms. The van der Waals surface area contributed by atoms with Gasteiger partial charge in [-0.1, -0.05) is 36.4 Å². The summed E-state index contributed by atoms with van der Waals surface area (Å²) < 4.78 is 5.44. The van der Waals surface area contributed by atoms with Crippen LogP contribution in [0.2, 0.25) is 0 Å². The van der Waals surface area contributed by atoms with Gasteiger partial charge >= 0.3 is 5.97 Å². The van der Waals surface area contributed by atoms with Gasteiger partial charge in [0.05, 0.1) is 16.7 Å². The summed E-state index contributed by atoms with van der Waals surface area (Å²) in [5.41, 5.74) is 3.06. The molecule has 106 valence electrons. The third-order valence-corrected chi connectivity index (χ3v) is 3.53. The Hall–Kier alpha value is -2.69. The Morgan fingerprint density at radius 1 is 1.14 bits per heavy atom. The summed E-state index contributed by atoms with van der Waals surface area (Å²) in [7, 11) is 0. The van der Waals surface area contributed by atoms with Crippen LogP contribution in [0, 0.1) is 4.91 Å². The number of hydrogen-bond donors (Lipinski definition) is 0. The minimum Gasteiger partial charge on any atom is -0.457 e. The zero-order valence-corrected chi connectivity index (χ0v) is 11.5. The van der Waals surface area contributed by atoms with E-state index in [9.17, 15) is 9.70 Å². The summed E-state index contributed by atoms with van der Waals surface area (Å²) in [5.74, 6) is -0.347. The summed E-state index contributed by atoms with van der Waals surface area (Å²) in [6, 6.07) is 14.8. The fourth-order valence-corrected chi connectivity index (χ4v) is 2.68. The van der Waals surface area contributed by atoms with Crippen LogP contribution >= 0.6 is 0 Å². The van der Waals surface area contributed by atoms with Crippen molar-refractivity contribution in [3.05, 3.63) is 64.6 Å². The summed E-state index contributed by atoms with van der Waals surface area (Å²) in [5, 5.41) is 4.50. The van der Waals surface area contributed by atoms with Crippen molar-refractivity contribution >= 4 is 17.3 Å². The zero-order valence-electron chi connectivity index (χ0n) is 11.5. The average Bonchev–Trinajstić information content (AvgIpc) is 2.61. The maximum Gasteiger partial charge on any atom is 0.303 e. The summed E-state index contributed by atoms with van der Waals surface area (Å²) >= 11 is 0. The first-order valence-electron chi connectivity index (χ1n) is 6.68. The summed E-state index contributed by atoms with van der Waals surface area (Å²) in [6.45, 7) is 1.38. The van der Waals surface area contributed by atoms with Gasteiger partial charge in [0.2, 0.25) is 0 Å². The maximum atomic E-state index is 11.4. The molecule has 0 aliphatic carbocycles. The number of ether oxygens (including phenoxy) is 1. The minimum atomic E-state index is -0.424. The van der Waals surface area contributed by atoms with Crippen molar-refractivity contribution in [2.45, 2.75) is 19.4 Å². The van der Waals surface area contributed by atoms with Crippen molar-refractivity contribution in [2.75, 3.05) is 5.01 Å². The highest BCUT2D eigenvalue weighted by atomic mass is 16.5. The molecule has 0 amide bonds. The normalized spacial score (nSPS) is 16.4. The van der Waals surface area contributed by atoms with Crippen molar-refractivity contribution in [1.29, 1.82) is 0 Å². The highest BCUT2D eigenvalue weighted by molar-refractivity contribution is 5.72. The van der Waals surface area contributed by atoms with E-state index in [1.54, 1.807) is 6.07 Å². The van der Waals surface area contributed by atoms with Gasteiger partial charge < -0.3 is 4.74 Å². The molecule has 0 radical (unpaired) electrons. The molecule has 0 aromatic heterocycles. The van der Waals surface area contributed by atoms with Crippen molar-refractivity contribution in [2.24, 2.45) is 5.29 Å². The van der Waals surface area contributed by atoms with Gasteiger partial charge in [-0.15, -0.1) is 4.91 Å². The van der Waals surface area contributed by atoms with E-state index < -0.39 is 6.10 Å². The van der Waals surface area contributed by atoms with Crippen LogP contribution in [0.15, 0.2) is 53.8 Å². The molecular weight excluding hydrogens is 268 g/mol. The molecule has 5 nitrogen and oxygen atoms in total.